The Labute approximate surface area is 196 Å². The van der Waals surface area contributed by atoms with E-state index in [1.807, 2.05) is 0 Å². The first-order chi connectivity index (χ1) is 16.0. The summed E-state index contributed by atoms with van der Waals surface area (Å²) in [6.45, 7) is 0. The highest BCUT2D eigenvalue weighted by atomic mass is 35.5. The first-order valence-corrected chi connectivity index (χ1v) is 8.92. The van der Waals surface area contributed by atoms with Crippen molar-refractivity contribution in [1.82, 2.24) is 0 Å². The Morgan fingerprint density at radius 3 is 1.43 bits per heavy atom. The zero-order valence-corrected chi connectivity index (χ0v) is 17.1. The van der Waals surface area contributed by atoms with Crippen LogP contribution in [0, 0.1) is 0 Å². The van der Waals surface area contributed by atoms with Gasteiger partial charge in [-0.3, -0.25) is 4.79 Å². The van der Waals surface area contributed by atoms with Gasteiger partial charge in [0, 0.05) is 0 Å². The minimum Gasteiger partial charge on any atom is -0.872 e. The second-order valence-corrected chi connectivity index (χ2v) is 7.66. The number of carbonyl (C=O) groups is 1. The van der Waals surface area contributed by atoms with Crippen molar-refractivity contribution in [2.75, 3.05) is 0 Å². The van der Waals surface area contributed by atoms with Crippen LogP contribution in [-0.4, -0.2) is 41.1 Å². The van der Waals surface area contributed by atoms with E-state index in [1.54, 1.807) is 0 Å². The first kappa shape index (κ1) is 30.8. The Balaban J connectivity index is 2.87. The third-order valence-electron chi connectivity index (χ3n) is 5.02. The van der Waals surface area contributed by atoms with Crippen LogP contribution >= 0.6 is 11.6 Å². The summed E-state index contributed by atoms with van der Waals surface area (Å²) >= 11 is 5.09. The molecule has 0 amide bonds. The van der Waals surface area contributed by atoms with Crippen LogP contribution in [-0.2, 0) is 17.1 Å². The highest BCUT2D eigenvalue weighted by Crippen LogP contribution is 2.69. The first-order valence-electron chi connectivity index (χ1n) is 8.54. The van der Waals surface area contributed by atoms with Crippen molar-refractivity contribution in [2.24, 2.45) is 0 Å². The molecule has 0 bridgehead atoms. The number of halogens is 18. The number of hydrogen-bond acceptors (Lipinski definition) is 2. The molecule has 37 heavy (non-hydrogen) atoms. The molecule has 0 saturated heterocycles. The number of rotatable bonds is 3. The molecular formula is C17H3ClF17O2-. The van der Waals surface area contributed by atoms with Gasteiger partial charge in [-0.15, -0.1) is 0 Å². The van der Waals surface area contributed by atoms with Crippen molar-refractivity contribution in [3.8, 4) is 0 Å². The molecule has 1 fully saturated rings. The third-order valence-corrected chi connectivity index (χ3v) is 5.42. The summed E-state index contributed by atoms with van der Waals surface area (Å²) in [7, 11) is 0. The zero-order valence-electron chi connectivity index (χ0n) is 16.4. The molecule has 0 radical (unpaired) electrons. The van der Waals surface area contributed by atoms with E-state index in [1.165, 1.54) is 0 Å². The predicted molar refractivity (Wildman–Crippen MR) is 83.0 cm³/mol. The molecule has 1 saturated carbocycles. The van der Waals surface area contributed by atoms with Crippen LogP contribution in [0.3, 0.4) is 0 Å². The fourth-order valence-electron chi connectivity index (χ4n) is 3.00. The van der Waals surface area contributed by atoms with Crippen molar-refractivity contribution in [2.45, 2.75) is 47.6 Å². The number of hydrogen-bond donors (Lipinski definition) is 0. The van der Waals surface area contributed by atoms with Gasteiger partial charge in [0.2, 0.25) is 5.78 Å². The van der Waals surface area contributed by atoms with Crippen LogP contribution in [0.25, 0.3) is 5.76 Å². The van der Waals surface area contributed by atoms with Gasteiger partial charge in [-0.05, 0) is 23.8 Å². The summed E-state index contributed by atoms with van der Waals surface area (Å²) in [6, 6.07) is -1.38. The second kappa shape index (κ2) is 8.02. The molecule has 0 unspecified atom stereocenters. The maximum atomic E-state index is 14.7. The molecular weight excluding hydrogens is 595 g/mol. The highest BCUT2D eigenvalue weighted by Gasteiger charge is 3.02. The second-order valence-electron chi connectivity index (χ2n) is 7.28. The van der Waals surface area contributed by atoms with E-state index >= 15 is 0 Å². The average molecular weight is 598 g/mol. The lowest BCUT2D eigenvalue weighted by molar-refractivity contribution is -0.475. The fraction of sp³-hybridized carbons (Fsp3) is 0.471. The minimum atomic E-state index is -7.76. The van der Waals surface area contributed by atoms with Gasteiger partial charge in [0.15, 0.2) is 0 Å². The Morgan fingerprint density at radius 1 is 0.703 bits per heavy atom. The summed E-state index contributed by atoms with van der Waals surface area (Å²) in [5.41, 5.74) is -14.5. The maximum Gasteiger partial charge on any atom is 0.417 e. The Morgan fingerprint density at radius 2 is 1.08 bits per heavy atom. The number of allylic oxidation sites excluding steroid dienone is 1. The van der Waals surface area contributed by atoms with Gasteiger partial charge in [0.25, 0.3) is 0 Å². The number of benzene rings is 1. The summed E-state index contributed by atoms with van der Waals surface area (Å²) < 4.78 is 228. The number of ketones is 1. The molecule has 0 N–H and O–H groups in total. The molecule has 0 aromatic heterocycles. The Hall–Kier alpha value is -2.47. The monoisotopic (exact) mass is 597 g/mol. The van der Waals surface area contributed by atoms with Gasteiger partial charge >= 0.3 is 47.6 Å². The van der Waals surface area contributed by atoms with Gasteiger partial charge < -0.3 is 5.11 Å². The van der Waals surface area contributed by atoms with E-state index in [2.05, 4.69) is 0 Å². The molecule has 0 heterocycles. The molecule has 0 atom stereocenters. The SMILES string of the molecule is O=C(/C=C(\[O-])c1cc(C(F)(F)F)cc(C(F)(F)F)c1Cl)C1(F)C(F)(F)C(F)(F)C(F)(F)C(F)(F)C1(F)F. The molecule has 2 nitrogen and oxygen atoms in total. The molecule has 1 aliphatic rings. The fourth-order valence-corrected chi connectivity index (χ4v) is 3.31. The van der Waals surface area contributed by atoms with Gasteiger partial charge in [0.1, 0.15) is 0 Å². The van der Waals surface area contributed by atoms with Crippen molar-refractivity contribution >= 4 is 23.1 Å². The summed E-state index contributed by atoms with van der Waals surface area (Å²) in [5, 5.41) is 9.93. The predicted octanol–water partition coefficient (Wildman–Crippen LogP) is 6.55. The quantitative estimate of drug-likeness (QED) is 0.225. The molecule has 1 aromatic carbocycles. The van der Waals surface area contributed by atoms with E-state index in [0.717, 1.165) is 0 Å². The Bertz CT molecular complexity index is 1120. The van der Waals surface area contributed by atoms with Crippen molar-refractivity contribution in [3.05, 3.63) is 39.9 Å². The van der Waals surface area contributed by atoms with Crippen LogP contribution < -0.4 is 5.11 Å². The lowest BCUT2D eigenvalue weighted by atomic mass is 9.70. The molecule has 1 aliphatic carbocycles. The van der Waals surface area contributed by atoms with Crippen molar-refractivity contribution < 1.29 is 84.5 Å². The molecule has 0 aliphatic heterocycles. The van der Waals surface area contributed by atoms with Gasteiger partial charge in [-0.1, -0.05) is 17.4 Å². The van der Waals surface area contributed by atoms with Gasteiger partial charge in [0.05, 0.1) is 16.1 Å². The summed E-state index contributed by atoms with van der Waals surface area (Å²) in [6.07, 6.45) is -13.2. The topological polar surface area (TPSA) is 40.1 Å². The third kappa shape index (κ3) is 3.81. The van der Waals surface area contributed by atoms with Crippen LogP contribution in [0.2, 0.25) is 5.02 Å². The molecule has 0 spiro atoms. The smallest absolute Gasteiger partial charge is 0.417 e. The molecule has 210 valence electrons. The van der Waals surface area contributed by atoms with Crippen LogP contribution in [0.4, 0.5) is 74.6 Å². The maximum absolute atomic E-state index is 14.7. The standard InChI is InChI=1S/C17H4ClF17O2/c18-9-5(1-4(11(20,21)22)2-6(9)12(23,24)25)7(36)3-8(37)10(19)13(26,27)15(30,31)17(34,35)16(32,33)14(10,28)29/h1-3,36H/p-1/b7-3-. The van der Waals surface area contributed by atoms with Gasteiger partial charge in [-0.25, -0.2) is 4.39 Å². The van der Waals surface area contributed by atoms with E-state index in [0.29, 0.717) is 0 Å². The zero-order chi connectivity index (χ0) is 29.6. The van der Waals surface area contributed by atoms with Crippen molar-refractivity contribution in [3.63, 3.8) is 0 Å². The number of carbonyl (C=O) groups excluding carboxylic acids is 1. The van der Waals surface area contributed by atoms with Crippen LogP contribution in [0.1, 0.15) is 16.7 Å². The highest BCUT2D eigenvalue weighted by molar-refractivity contribution is 6.33. The number of alkyl halides is 17. The van der Waals surface area contributed by atoms with Gasteiger partial charge in [-0.2, -0.15) is 70.2 Å². The summed E-state index contributed by atoms with van der Waals surface area (Å²) in [4.78, 5) is 11.8. The van der Waals surface area contributed by atoms with E-state index in [4.69, 9.17) is 11.6 Å². The molecule has 2 rings (SSSR count). The molecule has 20 heteroatoms. The average Bonchev–Trinajstić information content (AvgIpc) is 2.69. The largest absolute Gasteiger partial charge is 0.872 e. The normalized spacial score (nSPS) is 24.0. The lowest BCUT2D eigenvalue weighted by Crippen LogP contribution is -2.85. The van der Waals surface area contributed by atoms with E-state index in [-0.39, 0.29) is 0 Å². The van der Waals surface area contributed by atoms with E-state index in [9.17, 15) is 84.5 Å². The molecule has 1 aromatic rings. The Kier molecular flexibility index (Phi) is 6.66. The van der Waals surface area contributed by atoms with Crippen LogP contribution in [0.15, 0.2) is 18.2 Å². The van der Waals surface area contributed by atoms with E-state index < -0.39 is 99.1 Å². The lowest BCUT2D eigenvalue weighted by Gasteiger charge is -2.51. The minimum absolute atomic E-state index is 0.650. The van der Waals surface area contributed by atoms with Crippen LogP contribution in [0.5, 0.6) is 0 Å². The summed E-state index contributed by atoms with van der Waals surface area (Å²) in [5.74, 6) is -45.7. The van der Waals surface area contributed by atoms with Crippen molar-refractivity contribution in [1.29, 1.82) is 0 Å².